The highest BCUT2D eigenvalue weighted by atomic mass is 32.2. The minimum atomic E-state index is -3.07. The van der Waals surface area contributed by atoms with Crippen molar-refractivity contribution in [3.63, 3.8) is 0 Å². The van der Waals surface area contributed by atoms with Crippen LogP contribution in [-0.4, -0.2) is 71.8 Å². The van der Waals surface area contributed by atoms with Crippen LogP contribution in [0.25, 0.3) is 10.9 Å². The van der Waals surface area contributed by atoms with E-state index in [0.717, 1.165) is 0 Å². The van der Waals surface area contributed by atoms with Gasteiger partial charge in [-0.2, -0.15) is 0 Å². The number of nitrogens with one attached hydrogen (secondary N) is 1. The number of H-pyrrole nitrogens is 1. The lowest BCUT2D eigenvalue weighted by Gasteiger charge is -2.31. The summed E-state index contributed by atoms with van der Waals surface area (Å²) in [5.41, 5.74) is 0.409. The average Bonchev–Trinajstić information content (AvgIpc) is 2.99. The lowest BCUT2D eigenvalue weighted by atomic mass is 10.1. The highest BCUT2D eigenvalue weighted by Crippen LogP contribution is 2.19. The lowest BCUT2D eigenvalue weighted by Crippen LogP contribution is -2.47. The quantitative estimate of drug-likeness (QED) is 0.718. The second-order valence-corrected chi connectivity index (χ2v) is 10.4. The van der Waals surface area contributed by atoms with Crippen molar-refractivity contribution in [1.82, 2.24) is 19.8 Å². The fourth-order valence-corrected chi connectivity index (χ4v) is 5.44. The van der Waals surface area contributed by atoms with Crippen molar-refractivity contribution >= 4 is 26.6 Å². The van der Waals surface area contributed by atoms with Gasteiger partial charge < -0.3 is 9.88 Å². The fourth-order valence-electron chi connectivity index (χ4n) is 3.71. The van der Waals surface area contributed by atoms with Crippen molar-refractivity contribution in [2.24, 2.45) is 5.92 Å². The van der Waals surface area contributed by atoms with Crippen LogP contribution in [0.2, 0.25) is 0 Å². The number of rotatable bonds is 7. The summed E-state index contributed by atoms with van der Waals surface area (Å²) < 4.78 is 23.7. The van der Waals surface area contributed by atoms with Gasteiger partial charge in [0, 0.05) is 12.6 Å². The summed E-state index contributed by atoms with van der Waals surface area (Å²) in [5.74, 6) is 0.798. The Bertz CT molecular complexity index is 1050. The molecule has 1 aromatic carbocycles. The fraction of sp³-hybridized carbons (Fsp3) is 0.550. The van der Waals surface area contributed by atoms with Crippen LogP contribution in [0.5, 0.6) is 0 Å². The number of aromatic amines is 1. The van der Waals surface area contributed by atoms with Gasteiger partial charge >= 0.3 is 0 Å². The molecular formula is C20H28N4O4S. The predicted octanol–water partition coefficient (Wildman–Crippen LogP) is 1.03. The van der Waals surface area contributed by atoms with E-state index >= 15 is 0 Å². The first-order valence-corrected chi connectivity index (χ1v) is 11.6. The van der Waals surface area contributed by atoms with E-state index in [1.54, 1.807) is 35.0 Å². The molecule has 0 radical (unpaired) electrons. The van der Waals surface area contributed by atoms with Crippen molar-refractivity contribution in [3.8, 4) is 0 Å². The van der Waals surface area contributed by atoms with E-state index in [9.17, 15) is 18.0 Å². The standard InChI is InChI=1S/C20H28N4O4S/c1-14(2)10-24(15-8-9-29(27,28)13-15)19(25)12-23(3)11-18-21-17-7-5-4-6-16(17)20(26)22-18/h4-7,14-15H,8-13H2,1-3H3,(H,21,22,26). The Labute approximate surface area is 170 Å². The summed E-state index contributed by atoms with van der Waals surface area (Å²) in [4.78, 5) is 35.9. The Morgan fingerprint density at radius 2 is 2.03 bits per heavy atom. The van der Waals surface area contributed by atoms with E-state index in [1.165, 1.54) is 0 Å². The third-order valence-electron chi connectivity index (χ3n) is 5.02. The van der Waals surface area contributed by atoms with Gasteiger partial charge in [0.15, 0.2) is 9.84 Å². The van der Waals surface area contributed by atoms with Crippen LogP contribution in [0.1, 0.15) is 26.1 Å². The summed E-state index contributed by atoms with van der Waals surface area (Å²) in [7, 11) is -1.29. The predicted molar refractivity (Wildman–Crippen MR) is 112 cm³/mol. The number of hydrogen-bond acceptors (Lipinski definition) is 6. The molecule has 0 spiro atoms. The highest BCUT2D eigenvalue weighted by molar-refractivity contribution is 7.91. The van der Waals surface area contributed by atoms with E-state index < -0.39 is 9.84 Å². The largest absolute Gasteiger partial charge is 0.337 e. The Balaban J connectivity index is 1.70. The number of para-hydroxylation sites is 1. The van der Waals surface area contributed by atoms with E-state index in [4.69, 9.17) is 0 Å². The van der Waals surface area contributed by atoms with Gasteiger partial charge in [0.1, 0.15) is 5.82 Å². The van der Waals surface area contributed by atoms with Crippen molar-refractivity contribution in [1.29, 1.82) is 0 Å². The number of carbonyl (C=O) groups excluding carboxylic acids is 1. The molecule has 2 aromatic rings. The first-order chi connectivity index (χ1) is 13.6. The maximum Gasteiger partial charge on any atom is 0.258 e. The molecule has 8 nitrogen and oxygen atoms in total. The second kappa shape index (κ2) is 8.62. The topological polar surface area (TPSA) is 103 Å². The zero-order valence-corrected chi connectivity index (χ0v) is 17.9. The molecule has 1 aliphatic heterocycles. The van der Waals surface area contributed by atoms with E-state index in [-0.39, 0.29) is 41.5 Å². The van der Waals surface area contributed by atoms with Crippen molar-refractivity contribution in [2.45, 2.75) is 32.9 Å². The molecule has 9 heteroatoms. The minimum absolute atomic E-state index is 0.0364. The summed E-state index contributed by atoms with van der Waals surface area (Å²) >= 11 is 0. The minimum Gasteiger partial charge on any atom is -0.337 e. The Kier molecular flexibility index (Phi) is 6.38. The molecule has 0 bridgehead atoms. The summed E-state index contributed by atoms with van der Waals surface area (Å²) in [5, 5.41) is 0.528. The van der Waals surface area contributed by atoms with E-state index in [1.807, 2.05) is 19.9 Å². The molecule has 1 amide bonds. The Hall–Kier alpha value is -2.26. The molecule has 1 saturated heterocycles. The third-order valence-corrected chi connectivity index (χ3v) is 6.77. The van der Waals surface area contributed by atoms with Crippen LogP contribution in [0.4, 0.5) is 0 Å². The normalized spacial score (nSPS) is 18.6. The van der Waals surface area contributed by atoms with Gasteiger partial charge in [-0.05, 0) is 31.5 Å². The molecule has 3 rings (SSSR count). The number of likely N-dealkylation sites (N-methyl/N-ethyl adjacent to an activating group) is 1. The van der Waals surface area contributed by atoms with Gasteiger partial charge in [0.05, 0.1) is 35.5 Å². The Morgan fingerprint density at radius 3 is 2.69 bits per heavy atom. The van der Waals surface area contributed by atoms with E-state index in [2.05, 4.69) is 9.97 Å². The van der Waals surface area contributed by atoms with Crippen LogP contribution in [0.15, 0.2) is 29.1 Å². The van der Waals surface area contributed by atoms with Crippen LogP contribution in [-0.2, 0) is 21.2 Å². The summed E-state index contributed by atoms with van der Waals surface area (Å²) in [6.07, 6.45) is 0.490. The summed E-state index contributed by atoms with van der Waals surface area (Å²) in [6.45, 7) is 4.98. The van der Waals surface area contributed by atoms with Gasteiger partial charge in [-0.3, -0.25) is 14.5 Å². The highest BCUT2D eigenvalue weighted by Gasteiger charge is 2.35. The van der Waals surface area contributed by atoms with Gasteiger partial charge in [-0.15, -0.1) is 0 Å². The molecule has 1 aromatic heterocycles. The van der Waals surface area contributed by atoms with Gasteiger partial charge in [0.25, 0.3) is 5.56 Å². The lowest BCUT2D eigenvalue weighted by molar-refractivity contribution is -0.134. The molecule has 1 fully saturated rings. The number of hydrogen-bond donors (Lipinski definition) is 1. The Morgan fingerprint density at radius 1 is 1.31 bits per heavy atom. The first kappa shape index (κ1) is 21.4. The molecule has 0 aliphatic carbocycles. The molecule has 1 aliphatic rings. The molecule has 1 atom stereocenters. The molecule has 1 N–H and O–H groups in total. The first-order valence-electron chi connectivity index (χ1n) is 9.81. The van der Waals surface area contributed by atoms with Crippen molar-refractivity contribution in [2.75, 3.05) is 31.6 Å². The zero-order valence-electron chi connectivity index (χ0n) is 17.1. The number of aromatic nitrogens is 2. The molecular weight excluding hydrogens is 392 g/mol. The van der Waals surface area contributed by atoms with Crippen LogP contribution < -0.4 is 5.56 Å². The maximum atomic E-state index is 13.0. The van der Waals surface area contributed by atoms with Gasteiger partial charge in [-0.25, -0.2) is 13.4 Å². The van der Waals surface area contributed by atoms with Gasteiger partial charge in [-0.1, -0.05) is 26.0 Å². The van der Waals surface area contributed by atoms with Crippen molar-refractivity contribution in [3.05, 3.63) is 40.4 Å². The zero-order chi connectivity index (χ0) is 21.2. The summed E-state index contributed by atoms with van der Waals surface area (Å²) in [6, 6.07) is 6.85. The number of sulfone groups is 1. The number of amides is 1. The van der Waals surface area contributed by atoms with Crippen molar-refractivity contribution < 1.29 is 13.2 Å². The number of benzene rings is 1. The number of nitrogens with zero attached hydrogens (tertiary/aromatic N) is 3. The van der Waals surface area contributed by atoms with Crippen LogP contribution >= 0.6 is 0 Å². The molecule has 158 valence electrons. The number of fused-ring (bicyclic) bond motifs is 1. The van der Waals surface area contributed by atoms with Gasteiger partial charge in [0.2, 0.25) is 5.91 Å². The monoisotopic (exact) mass is 420 g/mol. The molecule has 2 heterocycles. The SMILES string of the molecule is CC(C)CN(C(=O)CN(C)Cc1nc2ccccc2c(=O)[nH]1)C1CCS(=O)(=O)C1. The third kappa shape index (κ3) is 5.42. The maximum absolute atomic E-state index is 13.0. The number of carbonyl (C=O) groups is 1. The average molecular weight is 421 g/mol. The molecule has 29 heavy (non-hydrogen) atoms. The smallest absolute Gasteiger partial charge is 0.258 e. The van der Waals surface area contributed by atoms with E-state index in [0.29, 0.717) is 36.2 Å². The van der Waals surface area contributed by atoms with Crippen LogP contribution in [0, 0.1) is 5.92 Å². The molecule has 1 unspecified atom stereocenters. The second-order valence-electron chi connectivity index (χ2n) is 8.20. The van der Waals surface area contributed by atoms with Crippen LogP contribution in [0.3, 0.4) is 0 Å². The molecule has 0 saturated carbocycles.